The Morgan fingerprint density at radius 2 is 1.86 bits per heavy atom. The Morgan fingerprint density at radius 1 is 1.14 bits per heavy atom. The van der Waals surface area contributed by atoms with Crippen LogP contribution in [-0.4, -0.2) is 20.2 Å². The minimum absolute atomic E-state index is 0.0149. The van der Waals surface area contributed by atoms with Gasteiger partial charge in [0.15, 0.2) is 9.84 Å². The summed E-state index contributed by atoms with van der Waals surface area (Å²) in [6.45, 7) is 2.25. The van der Waals surface area contributed by atoms with Crippen LogP contribution in [0.3, 0.4) is 0 Å². The van der Waals surface area contributed by atoms with E-state index in [4.69, 9.17) is 0 Å². The SMILES string of the molecule is CCCC1CCC(NC2CS(=O)(=O)c3ccccc32)CC1. The van der Waals surface area contributed by atoms with E-state index in [1.807, 2.05) is 18.2 Å². The molecule has 4 heteroatoms. The molecule has 1 aliphatic carbocycles. The fraction of sp³-hybridized carbons (Fsp3) is 0.647. The van der Waals surface area contributed by atoms with Gasteiger partial charge in [0.2, 0.25) is 0 Å². The molecule has 21 heavy (non-hydrogen) atoms. The van der Waals surface area contributed by atoms with Crippen LogP contribution in [0.1, 0.15) is 57.1 Å². The first kappa shape index (κ1) is 15.0. The van der Waals surface area contributed by atoms with Crippen molar-refractivity contribution in [3.63, 3.8) is 0 Å². The lowest BCUT2D eigenvalue weighted by molar-refractivity contribution is 0.267. The van der Waals surface area contributed by atoms with Crippen LogP contribution in [0, 0.1) is 5.92 Å². The van der Waals surface area contributed by atoms with Gasteiger partial charge in [-0.05, 0) is 43.2 Å². The second-order valence-electron chi connectivity index (χ2n) is 6.54. The van der Waals surface area contributed by atoms with Crippen LogP contribution in [-0.2, 0) is 9.84 Å². The van der Waals surface area contributed by atoms with Crippen molar-refractivity contribution in [3.8, 4) is 0 Å². The first-order chi connectivity index (χ1) is 10.1. The largest absolute Gasteiger partial charge is 0.306 e. The average molecular weight is 307 g/mol. The van der Waals surface area contributed by atoms with Gasteiger partial charge in [-0.1, -0.05) is 38.0 Å². The molecule has 1 unspecified atom stereocenters. The van der Waals surface area contributed by atoms with E-state index >= 15 is 0 Å². The van der Waals surface area contributed by atoms with Gasteiger partial charge in [0.05, 0.1) is 10.6 Å². The molecule has 1 saturated carbocycles. The van der Waals surface area contributed by atoms with Gasteiger partial charge in [0.1, 0.15) is 0 Å². The minimum Gasteiger partial charge on any atom is -0.306 e. The van der Waals surface area contributed by atoms with Gasteiger partial charge in [0, 0.05) is 12.1 Å². The standard InChI is InChI=1S/C17H25NO2S/c1-2-5-13-8-10-14(11-9-13)18-16-12-21(19,20)17-7-4-3-6-15(16)17/h3-4,6-7,13-14,16,18H,2,5,8-12H2,1H3. The third kappa shape index (κ3) is 3.16. The number of sulfone groups is 1. The van der Waals surface area contributed by atoms with E-state index < -0.39 is 9.84 Å². The monoisotopic (exact) mass is 307 g/mol. The number of hydrogen-bond donors (Lipinski definition) is 1. The van der Waals surface area contributed by atoms with E-state index in [-0.39, 0.29) is 11.8 Å². The lowest BCUT2D eigenvalue weighted by Crippen LogP contribution is -2.36. The van der Waals surface area contributed by atoms with Crippen molar-refractivity contribution in [1.82, 2.24) is 5.32 Å². The van der Waals surface area contributed by atoms with Crippen molar-refractivity contribution < 1.29 is 8.42 Å². The summed E-state index contributed by atoms with van der Waals surface area (Å²) in [5.41, 5.74) is 0.966. The summed E-state index contributed by atoms with van der Waals surface area (Å²) in [4.78, 5) is 0.530. The molecule has 0 spiro atoms. The fourth-order valence-electron chi connectivity index (χ4n) is 3.90. The van der Waals surface area contributed by atoms with Gasteiger partial charge in [0.25, 0.3) is 0 Å². The van der Waals surface area contributed by atoms with Crippen molar-refractivity contribution in [3.05, 3.63) is 29.8 Å². The molecule has 1 aromatic carbocycles. The summed E-state index contributed by atoms with van der Waals surface area (Å²) in [6, 6.07) is 7.91. The summed E-state index contributed by atoms with van der Waals surface area (Å²) in [5.74, 6) is 1.11. The molecule has 2 aliphatic rings. The third-order valence-corrected chi connectivity index (χ3v) is 6.81. The molecule has 0 bridgehead atoms. The second kappa shape index (κ2) is 6.09. The number of hydrogen-bond acceptors (Lipinski definition) is 3. The quantitative estimate of drug-likeness (QED) is 0.926. The predicted octanol–water partition coefficient (Wildman–Crippen LogP) is 3.46. The van der Waals surface area contributed by atoms with Gasteiger partial charge < -0.3 is 5.32 Å². The van der Waals surface area contributed by atoms with Crippen molar-refractivity contribution in [2.24, 2.45) is 5.92 Å². The Bertz CT molecular complexity index is 589. The van der Waals surface area contributed by atoms with Crippen LogP contribution in [0.15, 0.2) is 29.2 Å². The highest BCUT2D eigenvalue weighted by Gasteiger charge is 2.35. The van der Waals surface area contributed by atoms with Crippen LogP contribution >= 0.6 is 0 Å². The molecule has 1 heterocycles. The van der Waals surface area contributed by atoms with Crippen LogP contribution < -0.4 is 5.32 Å². The maximum absolute atomic E-state index is 12.2. The Hall–Kier alpha value is -0.870. The zero-order valence-corrected chi connectivity index (χ0v) is 13.5. The molecule has 1 aliphatic heterocycles. The van der Waals surface area contributed by atoms with Gasteiger partial charge in [-0.3, -0.25) is 0 Å². The first-order valence-corrected chi connectivity index (χ1v) is 9.83. The zero-order chi connectivity index (χ0) is 14.9. The summed E-state index contributed by atoms with van der Waals surface area (Å²) >= 11 is 0. The zero-order valence-electron chi connectivity index (χ0n) is 12.7. The molecule has 1 fully saturated rings. The highest BCUT2D eigenvalue weighted by atomic mass is 32.2. The lowest BCUT2D eigenvalue weighted by atomic mass is 9.83. The predicted molar refractivity (Wildman–Crippen MR) is 85.0 cm³/mol. The van der Waals surface area contributed by atoms with Gasteiger partial charge in [-0.2, -0.15) is 0 Å². The normalized spacial score (nSPS) is 31.0. The smallest absolute Gasteiger partial charge is 0.180 e. The van der Waals surface area contributed by atoms with E-state index in [1.165, 1.54) is 38.5 Å². The average Bonchev–Trinajstić information content (AvgIpc) is 2.73. The maximum Gasteiger partial charge on any atom is 0.180 e. The van der Waals surface area contributed by atoms with Crippen molar-refractivity contribution in [1.29, 1.82) is 0 Å². The number of nitrogens with one attached hydrogen (secondary N) is 1. The lowest BCUT2D eigenvalue weighted by Gasteiger charge is -2.31. The fourth-order valence-corrected chi connectivity index (χ4v) is 5.65. The van der Waals surface area contributed by atoms with E-state index in [1.54, 1.807) is 6.07 Å². The number of fused-ring (bicyclic) bond motifs is 1. The minimum atomic E-state index is -3.09. The van der Waals surface area contributed by atoms with E-state index in [9.17, 15) is 8.42 Å². The van der Waals surface area contributed by atoms with E-state index in [0.29, 0.717) is 10.9 Å². The van der Waals surface area contributed by atoms with Crippen molar-refractivity contribution in [2.75, 3.05) is 5.75 Å². The molecule has 3 rings (SSSR count). The van der Waals surface area contributed by atoms with Gasteiger partial charge in [-0.25, -0.2) is 8.42 Å². The molecule has 1 N–H and O–H groups in total. The highest BCUT2D eigenvalue weighted by Crippen LogP contribution is 2.35. The molecule has 116 valence electrons. The Labute approximate surface area is 128 Å². The molecule has 0 amide bonds. The van der Waals surface area contributed by atoms with Crippen LogP contribution in [0.5, 0.6) is 0 Å². The van der Waals surface area contributed by atoms with Crippen molar-refractivity contribution in [2.45, 2.75) is 62.4 Å². The Kier molecular flexibility index (Phi) is 4.36. The number of benzene rings is 1. The molecular formula is C17H25NO2S. The van der Waals surface area contributed by atoms with E-state index in [2.05, 4.69) is 12.2 Å². The van der Waals surface area contributed by atoms with Crippen LogP contribution in [0.2, 0.25) is 0 Å². The van der Waals surface area contributed by atoms with Gasteiger partial charge in [-0.15, -0.1) is 0 Å². The third-order valence-electron chi connectivity index (χ3n) is 5.00. The molecule has 0 aromatic heterocycles. The maximum atomic E-state index is 12.2. The summed E-state index contributed by atoms with van der Waals surface area (Å²) in [7, 11) is -3.09. The molecule has 1 aromatic rings. The summed E-state index contributed by atoms with van der Waals surface area (Å²) in [6.07, 6.45) is 7.55. The molecular weight excluding hydrogens is 282 g/mol. The van der Waals surface area contributed by atoms with Crippen LogP contribution in [0.4, 0.5) is 0 Å². The Morgan fingerprint density at radius 3 is 2.57 bits per heavy atom. The molecule has 1 atom stereocenters. The second-order valence-corrected chi connectivity index (χ2v) is 8.55. The van der Waals surface area contributed by atoms with Crippen molar-refractivity contribution >= 4 is 9.84 Å². The first-order valence-electron chi connectivity index (χ1n) is 8.18. The number of rotatable bonds is 4. The molecule has 0 saturated heterocycles. The Balaban J connectivity index is 1.65. The summed E-state index contributed by atoms with van der Waals surface area (Å²) < 4.78 is 24.4. The topological polar surface area (TPSA) is 46.2 Å². The molecule has 0 radical (unpaired) electrons. The van der Waals surface area contributed by atoms with Gasteiger partial charge >= 0.3 is 0 Å². The van der Waals surface area contributed by atoms with E-state index in [0.717, 1.165) is 11.5 Å². The summed E-state index contributed by atoms with van der Waals surface area (Å²) in [5, 5.41) is 3.61. The molecule has 3 nitrogen and oxygen atoms in total. The van der Waals surface area contributed by atoms with Crippen LogP contribution in [0.25, 0.3) is 0 Å². The highest BCUT2D eigenvalue weighted by molar-refractivity contribution is 7.91.